The van der Waals surface area contributed by atoms with E-state index in [0.717, 1.165) is 5.69 Å². The number of nitrogens with two attached hydrogens (primary N) is 1. The van der Waals surface area contributed by atoms with E-state index in [1.807, 2.05) is 0 Å². The van der Waals surface area contributed by atoms with Gasteiger partial charge in [-0.05, 0) is 33.2 Å². The maximum Gasteiger partial charge on any atom is 0.0785 e. The van der Waals surface area contributed by atoms with Crippen molar-refractivity contribution in [1.82, 2.24) is 0 Å². The summed E-state index contributed by atoms with van der Waals surface area (Å²) in [5, 5.41) is 11.6. The van der Waals surface area contributed by atoms with Gasteiger partial charge in [-0.2, -0.15) is 0 Å². The first kappa shape index (κ1) is 28.1. The van der Waals surface area contributed by atoms with Crippen LogP contribution in [0.15, 0.2) is 54.6 Å². The van der Waals surface area contributed by atoms with Gasteiger partial charge in [0.05, 0.1) is 32.3 Å². The molecule has 2 N–H and O–H groups in total. The minimum atomic E-state index is -1.61. The molecule has 37 heavy (non-hydrogen) atoms. The molecule has 0 bridgehead atoms. The topological polar surface area (TPSA) is 26.0 Å². The summed E-state index contributed by atoms with van der Waals surface area (Å²) >= 11 is 0. The van der Waals surface area contributed by atoms with E-state index in [9.17, 15) is 0 Å². The largest absolute Gasteiger partial charge is 0.398 e. The summed E-state index contributed by atoms with van der Waals surface area (Å²) < 4.78 is 0. The average molecular weight is 558 g/mol. The van der Waals surface area contributed by atoms with Gasteiger partial charge in [-0.15, -0.1) is 0 Å². The van der Waals surface area contributed by atoms with E-state index in [4.69, 9.17) is 5.73 Å². The molecule has 0 heterocycles. The van der Waals surface area contributed by atoms with E-state index >= 15 is 0 Å². The molecule has 1 nitrogen and oxygen atoms in total. The molecule has 0 aliphatic rings. The van der Waals surface area contributed by atoms with Crippen molar-refractivity contribution in [2.45, 2.75) is 78.6 Å². The molecule has 0 radical (unpaired) electrons. The predicted octanol–water partition coefficient (Wildman–Crippen LogP) is 7.42. The van der Waals surface area contributed by atoms with Gasteiger partial charge in [0.25, 0.3) is 0 Å². The predicted molar refractivity (Wildman–Crippen MR) is 183 cm³/mol. The van der Waals surface area contributed by atoms with Crippen LogP contribution in [0.3, 0.4) is 0 Å². The summed E-state index contributed by atoms with van der Waals surface area (Å²) in [5.41, 5.74) is 10.4. The molecule has 4 rings (SSSR count). The van der Waals surface area contributed by atoms with Gasteiger partial charge in [0.2, 0.25) is 0 Å². The van der Waals surface area contributed by atoms with E-state index in [-0.39, 0.29) is 0 Å². The highest BCUT2D eigenvalue weighted by atomic mass is 28.3. The molecule has 0 atom stereocenters. The molecule has 5 heteroatoms. The Labute approximate surface area is 229 Å². The Kier molecular flexibility index (Phi) is 6.89. The zero-order chi connectivity index (χ0) is 27.7. The summed E-state index contributed by atoms with van der Waals surface area (Å²) in [4.78, 5) is 0. The first-order chi connectivity index (χ1) is 16.8. The number of nitrogen functional groups attached to an aromatic ring is 1. The molecule has 0 saturated carbocycles. The Morgan fingerprint density at radius 2 is 0.892 bits per heavy atom. The van der Waals surface area contributed by atoms with Crippen molar-refractivity contribution in [2.24, 2.45) is 0 Å². The van der Waals surface area contributed by atoms with Gasteiger partial charge >= 0.3 is 0 Å². The highest BCUT2D eigenvalue weighted by molar-refractivity contribution is 6.92. The van der Waals surface area contributed by atoms with Gasteiger partial charge in [-0.3, -0.25) is 0 Å². The standard InChI is InChI=1S/C32H47NSi4/c1-34(2,3)22-13-15-24-25(17-18-30(27(24)19-22)36(7,8)9)32-26-16-14-23(35(4,5)6)20-28(26)31(21-29(32)33)37(10,11)12/h13-21H,33H2,1-12H3. The molecule has 0 fully saturated rings. The molecular formula is C32H47NSi4. The average Bonchev–Trinajstić information content (AvgIpc) is 2.74. The summed E-state index contributed by atoms with van der Waals surface area (Å²) in [6.07, 6.45) is 0. The lowest BCUT2D eigenvalue weighted by molar-refractivity contribution is 1.65. The van der Waals surface area contributed by atoms with Crippen molar-refractivity contribution < 1.29 is 0 Å². The van der Waals surface area contributed by atoms with Crippen LogP contribution in [0.1, 0.15) is 0 Å². The Bertz CT molecular complexity index is 1510. The van der Waals surface area contributed by atoms with E-state index in [1.165, 1.54) is 48.2 Å². The molecule has 0 aliphatic carbocycles. The van der Waals surface area contributed by atoms with Crippen LogP contribution in [-0.4, -0.2) is 32.3 Å². The zero-order valence-corrected chi connectivity index (χ0v) is 29.3. The van der Waals surface area contributed by atoms with Gasteiger partial charge in [0.1, 0.15) is 0 Å². The van der Waals surface area contributed by atoms with E-state index in [1.54, 1.807) is 5.19 Å². The third kappa shape index (κ3) is 5.33. The van der Waals surface area contributed by atoms with E-state index < -0.39 is 32.3 Å². The van der Waals surface area contributed by atoms with Crippen LogP contribution in [0.2, 0.25) is 78.6 Å². The lowest BCUT2D eigenvalue weighted by Crippen LogP contribution is -2.41. The van der Waals surface area contributed by atoms with Crippen LogP contribution in [-0.2, 0) is 0 Å². The number of rotatable bonds is 5. The van der Waals surface area contributed by atoms with E-state index in [2.05, 4.69) is 133 Å². The first-order valence-electron chi connectivity index (χ1n) is 13.8. The minimum Gasteiger partial charge on any atom is -0.398 e. The zero-order valence-electron chi connectivity index (χ0n) is 25.3. The Morgan fingerprint density at radius 1 is 0.432 bits per heavy atom. The van der Waals surface area contributed by atoms with Crippen molar-refractivity contribution in [3.63, 3.8) is 0 Å². The molecule has 4 aromatic carbocycles. The smallest absolute Gasteiger partial charge is 0.0785 e. The molecule has 0 aromatic heterocycles. The van der Waals surface area contributed by atoms with Crippen LogP contribution in [0.4, 0.5) is 5.69 Å². The molecule has 0 spiro atoms. The van der Waals surface area contributed by atoms with Crippen molar-refractivity contribution in [2.75, 3.05) is 5.73 Å². The van der Waals surface area contributed by atoms with Crippen LogP contribution < -0.4 is 26.5 Å². The van der Waals surface area contributed by atoms with Crippen molar-refractivity contribution in [3.8, 4) is 11.1 Å². The molecule has 0 saturated heterocycles. The van der Waals surface area contributed by atoms with Gasteiger partial charge in [-0.25, -0.2) is 0 Å². The fraction of sp³-hybridized carbons (Fsp3) is 0.375. The second-order valence-corrected chi connectivity index (χ2v) is 35.3. The number of hydrogen-bond donors (Lipinski definition) is 1. The second-order valence-electron chi connectivity index (χ2n) is 15.1. The van der Waals surface area contributed by atoms with E-state index in [0.29, 0.717) is 0 Å². The Hall–Kier alpha value is -1.93. The van der Waals surface area contributed by atoms with Gasteiger partial charge in [0.15, 0.2) is 0 Å². The lowest BCUT2D eigenvalue weighted by Gasteiger charge is -2.27. The van der Waals surface area contributed by atoms with Crippen LogP contribution in [0, 0.1) is 0 Å². The summed E-state index contributed by atoms with van der Waals surface area (Å²) in [7, 11) is -6.03. The SMILES string of the molecule is C[Si](C)(C)c1ccc2c(-c3c(N)cc([Si](C)(C)C)c4cc([Si](C)(C)C)ccc34)ccc([Si](C)(C)C)c2c1. The van der Waals surface area contributed by atoms with Crippen molar-refractivity contribution >= 4 is 80.3 Å². The molecular weight excluding hydrogens is 511 g/mol. The quantitative estimate of drug-likeness (QED) is 0.200. The minimum absolute atomic E-state index is 0.919. The second kappa shape index (κ2) is 9.08. The Morgan fingerprint density at radius 3 is 1.35 bits per heavy atom. The summed E-state index contributed by atoms with van der Waals surface area (Å²) in [6.45, 7) is 29.4. The molecule has 4 aromatic rings. The number of hydrogen-bond acceptors (Lipinski definition) is 1. The number of fused-ring (bicyclic) bond motifs is 2. The molecule has 0 amide bonds. The Balaban J connectivity index is 2.15. The van der Waals surface area contributed by atoms with Crippen LogP contribution in [0.5, 0.6) is 0 Å². The fourth-order valence-electron chi connectivity index (χ4n) is 5.52. The van der Waals surface area contributed by atoms with Gasteiger partial charge in [0, 0.05) is 11.3 Å². The van der Waals surface area contributed by atoms with Crippen LogP contribution in [0.25, 0.3) is 32.7 Å². The summed E-state index contributed by atoms with van der Waals surface area (Å²) in [5.74, 6) is 0. The third-order valence-electron chi connectivity index (χ3n) is 7.80. The maximum atomic E-state index is 7.00. The monoisotopic (exact) mass is 557 g/mol. The van der Waals surface area contributed by atoms with Gasteiger partial charge < -0.3 is 5.73 Å². The number of benzene rings is 4. The highest BCUT2D eigenvalue weighted by Gasteiger charge is 2.27. The van der Waals surface area contributed by atoms with Crippen LogP contribution >= 0.6 is 0 Å². The normalized spacial score (nSPS) is 13.5. The van der Waals surface area contributed by atoms with Crippen molar-refractivity contribution in [3.05, 3.63) is 54.6 Å². The number of anilines is 1. The fourth-order valence-corrected chi connectivity index (χ4v) is 11.0. The third-order valence-corrected chi connectivity index (χ3v) is 16.0. The molecule has 0 unspecified atom stereocenters. The molecule has 196 valence electrons. The molecule has 0 aliphatic heterocycles. The summed E-state index contributed by atoms with van der Waals surface area (Å²) in [6, 6.07) is 21.7. The first-order valence-corrected chi connectivity index (χ1v) is 27.8. The van der Waals surface area contributed by atoms with Crippen molar-refractivity contribution in [1.29, 1.82) is 0 Å². The van der Waals surface area contributed by atoms with Gasteiger partial charge in [-0.1, -0.05) is 148 Å². The maximum absolute atomic E-state index is 7.00. The lowest BCUT2D eigenvalue weighted by atomic mass is 9.92. The highest BCUT2D eigenvalue weighted by Crippen LogP contribution is 2.38.